The summed E-state index contributed by atoms with van der Waals surface area (Å²) in [5, 5.41) is 2.88. The van der Waals surface area contributed by atoms with Crippen LogP contribution in [0.4, 0.5) is 0 Å². The maximum Gasteiger partial charge on any atom is 0.347 e. The number of rotatable bonds is 7. The molecule has 172 valence electrons. The van der Waals surface area contributed by atoms with Crippen LogP contribution < -0.4 is 5.32 Å². The third-order valence-corrected chi connectivity index (χ3v) is 7.73. The van der Waals surface area contributed by atoms with E-state index in [2.05, 4.69) is 5.32 Å². The Kier molecular flexibility index (Phi) is 6.11. The van der Waals surface area contributed by atoms with E-state index in [9.17, 15) is 14.4 Å². The number of benzene rings is 3. The lowest BCUT2D eigenvalue weighted by molar-refractivity contribution is -0.171. The standard InChI is InChI=1S/C27H24N2O4S/c30-23(16-19-10-4-1-5-11-19)28-24-22-18-34-27(29(22)25(24)31,21-14-8-3-9-15-21)26(32)33-17-20-12-6-2-7-13-20/h1-15,22,24H,16-18H2,(H,28,30)/t22-,24+,27-/m1/s1. The van der Waals surface area contributed by atoms with Gasteiger partial charge in [0.15, 0.2) is 0 Å². The van der Waals surface area contributed by atoms with Crippen molar-refractivity contribution in [3.05, 3.63) is 108 Å². The molecule has 7 heteroatoms. The van der Waals surface area contributed by atoms with Crippen molar-refractivity contribution in [2.45, 2.75) is 30.0 Å². The Morgan fingerprint density at radius 1 is 0.912 bits per heavy atom. The van der Waals surface area contributed by atoms with Crippen LogP contribution in [0.3, 0.4) is 0 Å². The predicted octanol–water partition coefficient (Wildman–Crippen LogP) is 3.27. The van der Waals surface area contributed by atoms with Gasteiger partial charge in [-0.1, -0.05) is 91.0 Å². The van der Waals surface area contributed by atoms with Gasteiger partial charge in [0.2, 0.25) is 16.7 Å². The lowest BCUT2D eigenvalue weighted by atomic mass is 9.90. The minimum Gasteiger partial charge on any atom is -0.458 e. The number of amides is 2. The molecule has 1 N–H and O–H groups in total. The fraction of sp³-hybridized carbons (Fsp3) is 0.222. The van der Waals surface area contributed by atoms with Crippen LogP contribution in [0.15, 0.2) is 91.0 Å². The normalized spacial score (nSPS) is 23.1. The zero-order valence-corrected chi connectivity index (χ0v) is 19.2. The first kappa shape index (κ1) is 22.2. The summed E-state index contributed by atoms with van der Waals surface area (Å²) in [5.74, 6) is -0.426. The van der Waals surface area contributed by atoms with Crippen molar-refractivity contribution in [1.29, 1.82) is 0 Å². The summed E-state index contributed by atoms with van der Waals surface area (Å²) in [7, 11) is 0. The summed E-state index contributed by atoms with van der Waals surface area (Å²) in [6.07, 6.45) is 0.202. The molecule has 0 bridgehead atoms. The van der Waals surface area contributed by atoms with E-state index in [1.807, 2.05) is 91.0 Å². The van der Waals surface area contributed by atoms with Gasteiger partial charge in [0, 0.05) is 5.75 Å². The molecule has 0 aromatic heterocycles. The largest absolute Gasteiger partial charge is 0.458 e. The number of carbonyl (C=O) groups is 3. The summed E-state index contributed by atoms with van der Waals surface area (Å²) in [6, 6.07) is 27.2. The SMILES string of the molecule is O=C(Cc1ccccc1)N[C@@H]1C(=O)N2[C@@H]1CS[C@@]2(C(=O)OCc1ccccc1)c1ccccc1. The first-order chi connectivity index (χ1) is 16.6. The zero-order chi connectivity index (χ0) is 23.5. The quantitative estimate of drug-likeness (QED) is 0.422. The van der Waals surface area contributed by atoms with Gasteiger partial charge in [-0.3, -0.25) is 9.59 Å². The van der Waals surface area contributed by atoms with Crippen LogP contribution in [0.1, 0.15) is 16.7 Å². The molecule has 2 amide bonds. The molecule has 2 saturated heterocycles. The molecule has 2 aliphatic heterocycles. The third-order valence-electron chi connectivity index (χ3n) is 6.20. The first-order valence-electron chi connectivity index (χ1n) is 11.2. The lowest BCUT2D eigenvalue weighted by Gasteiger charge is -2.48. The smallest absolute Gasteiger partial charge is 0.347 e. The Bertz CT molecular complexity index is 1190. The summed E-state index contributed by atoms with van der Waals surface area (Å²) in [5.41, 5.74) is 2.45. The van der Waals surface area contributed by atoms with Gasteiger partial charge in [-0.25, -0.2) is 4.79 Å². The van der Waals surface area contributed by atoms with Crippen LogP contribution in [0.25, 0.3) is 0 Å². The molecule has 2 heterocycles. The van der Waals surface area contributed by atoms with Crippen molar-refractivity contribution in [2.75, 3.05) is 5.75 Å². The van der Waals surface area contributed by atoms with Gasteiger partial charge < -0.3 is 15.0 Å². The number of carbonyl (C=O) groups excluding carboxylic acids is 3. The average Bonchev–Trinajstić information content (AvgIpc) is 3.25. The van der Waals surface area contributed by atoms with Gasteiger partial charge in [-0.15, -0.1) is 11.8 Å². The molecule has 34 heavy (non-hydrogen) atoms. The minimum absolute atomic E-state index is 0.124. The van der Waals surface area contributed by atoms with Gasteiger partial charge in [0.05, 0.1) is 12.5 Å². The molecule has 0 saturated carbocycles. The summed E-state index contributed by atoms with van der Waals surface area (Å²) >= 11 is 1.38. The summed E-state index contributed by atoms with van der Waals surface area (Å²) < 4.78 is 5.73. The van der Waals surface area contributed by atoms with Crippen LogP contribution in [0, 0.1) is 0 Å². The molecule has 5 rings (SSSR count). The van der Waals surface area contributed by atoms with Crippen molar-refractivity contribution in [3.63, 3.8) is 0 Å². The Balaban J connectivity index is 1.34. The van der Waals surface area contributed by atoms with Crippen molar-refractivity contribution >= 4 is 29.5 Å². The maximum absolute atomic E-state index is 13.5. The Labute approximate surface area is 202 Å². The Morgan fingerprint density at radius 2 is 1.50 bits per heavy atom. The topological polar surface area (TPSA) is 75.7 Å². The second kappa shape index (κ2) is 9.35. The van der Waals surface area contributed by atoms with E-state index in [1.165, 1.54) is 11.8 Å². The molecule has 0 unspecified atom stereocenters. The molecule has 0 spiro atoms. The fourth-order valence-corrected chi connectivity index (χ4v) is 6.12. The van der Waals surface area contributed by atoms with E-state index in [0.717, 1.165) is 11.1 Å². The number of nitrogens with zero attached hydrogens (tertiary/aromatic N) is 1. The monoisotopic (exact) mass is 472 g/mol. The van der Waals surface area contributed by atoms with Gasteiger partial charge in [-0.2, -0.15) is 0 Å². The van der Waals surface area contributed by atoms with Crippen molar-refractivity contribution in [2.24, 2.45) is 0 Å². The molecule has 2 aliphatic rings. The lowest BCUT2D eigenvalue weighted by Crippen LogP contribution is -2.73. The van der Waals surface area contributed by atoms with Gasteiger partial charge >= 0.3 is 5.97 Å². The maximum atomic E-state index is 13.5. The van der Waals surface area contributed by atoms with Crippen LogP contribution in [0.2, 0.25) is 0 Å². The van der Waals surface area contributed by atoms with Crippen molar-refractivity contribution < 1.29 is 19.1 Å². The van der Waals surface area contributed by atoms with Gasteiger partial charge in [0.25, 0.3) is 0 Å². The number of esters is 1. The number of β-lactam (4-membered cyclic amide) rings is 1. The van der Waals surface area contributed by atoms with Crippen LogP contribution >= 0.6 is 11.8 Å². The predicted molar refractivity (Wildman–Crippen MR) is 130 cm³/mol. The summed E-state index contributed by atoms with van der Waals surface area (Å²) in [6.45, 7) is 0.124. The van der Waals surface area contributed by atoms with E-state index >= 15 is 0 Å². The van der Waals surface area contributed by atoms with Crippen LogP contribution in [-0.4, -0.2) is 40.5 Å². The highest BCUT2D eigenvalue weighted by molar-refractivity contribution is 8.01. The number of hydrogen-bond donors (Lipinski definition) is 1. The highest BCUT2D eigenvalue weighted by Gasteiger charge is 2.66. The molecular formula is C27H24N2O4S. The van der Waals surface area contributed by atoms with E-state index in [0.29, 0.717) is 11.3 Å². The third kappa shape index (κ3) is 3.96. The fourth-order valence-electron chi connectivity index (χ4n) is 4.53. The molecule has 3 aromatic rings. The van der Waals surface area contributed by atoms with E-state index < -0.39 is 16.9 Å². The highest BCUT2D eigenvalue weighted by Crippen LogP contribution is 2.53. The number of nitrogens with one attached hydrogen (secondary N) is 1. The van der Waals surface area contributed by atoms with E-state index in [-0.39, 0.29) is 30.9 Å². The van der Waals surface area contributed by atoms with Crippen LogP contribution in [-0.2, 0) is 37.0 Å². The second-order valence-electron chi connectivity index (χ2n) is 8.37. The highest BCUT2D eigenvalue weighted by atomic mass is 32.2. The Morgan fingerprint density at radius 3 is 2.15 bits per heavy atom. The van der Waals surface area contributed by atoms with E-state index in [4.69, 9.17) is 4.74 Å². The minimum atomic E-state index is -1.27. The van der Waals surface area contributed by atoms with Gasteiger partial charge in [-0.05, 0) is 16.7 Å². The molecule has 0 radical (unpaired) electrons. The molecule has 0 aliphatic carbocycles. The van der Waals surface area contributed by atoms with Crippen molar-refractivity contribution in [3.8, 4) is 0 Å². The molecule has 2 fully saturated rings. The van der Waals surface area contributed by atoms with Crippen LogP contribution in [0.5, 0.6) is 0 Å². The molecule has 3 atom stereocenters. The van der Waals surface area contributed by atoms with Crippen molar-refractivity contribution in [1.82, 2.24) is 10.2 Å². The van der Waals surface area contributed by atoms with E-state index in [1.54, 1.807) is 4.90 Å². The second-order valence-corrected chi connectivity index (χ2v) is 9.58. The molecule has 6 nitrogen and oxygen atoms in total. The molecule has 3 aromatic carbocycles. The number of ether oxygens (including phenoxy) is 1. The van der Waals surface area contributed by atoms with Gasteiger partial charge in [0.1, 0.15) is 12.6 Å². The first-order valence-corrected chi connectivity index (χ1v) is 12.2. The number of fused-ring (bicyclic) bond motifs is 1. The Hall–Kier alpha value is -3.58. The number of hydrogen-bond acceptors (Lipinski definition) is 5. The zero-order valence-electron chi connectivity index (χ0n) is 18.4. The number of thioether (sulfide) groups is 1. The average molecular weight is 473 g/mol. The molecular weight excluding hydrogens is 448 g/mol. The summed E-state index contributed by atoms with van der Waals surface area (Å²) in [4.78, 5) is 39.7.